The molecule has 1 aliphatic rings. The standard InChI is InChI=1S/C27H36N8O4/c1-18-14-19(15-20-17-31-33-24(18)20)16-22(28)25(36)32-23(4-2-3-7-30-27(38)39)26(37)35-12-10-34(11-13-35)21-5-8-29-9-6-21/h5-6,8-9,14-15,17,22-23,30H,2-4,7,10-13,16,28H2,1H3,(H,31,33)(H,32,36)(H,38,39)/t22-,23+/m1/s1. The highest BCUT2D eigenvalue weighted by atomic mass is 16.4. The van der Waals surface area contributed by atoms with Gasteiger partial charge in [0.25, 0.3) is 0 Å². The van der Waals surface area contributed by atoms with Crippen LogP contribution in [0.2, 0.25) is 0 Å². The first kappa shape index (κ1) is 27.8. The summed E-state index contributed by atoms with van der Waals surface area (Å²) in [5.74, 6) is -0.538. The highest BCUT2D eigenvalue weighted by molar-refractivity contribution is 5.90. The quantitative estimate of drug-likeness (QED) is 0.229. The van der Waals surface area contributed by atoms with Crippen LogP contribution in [0.25, 0.3) is 10.9 Å². The number of rotatable bonds is 11. The number of fused-ring (bicyclic) bond motifs is 1. The summed E-state index contributed by atoms with van der Waals surface area (Å²) >= 11 is 0. The first-order valence-corrected chi connectivity index (χ1v) is 13.2. The van der Waals surface area contributed by atoms with Crippen molar-refractivity contribution in [1.29, 1.82) is 0 Å². The molecule has 1 fully saturated rings. The fraction of sp³-hybridized carbons (Fsp3) is 0.444. The Morgan fingerprint density at radius 3 is 2.59 bits per heavy atom. The van der Waals surface area contributed by atoms with Gasteiger partial charge in [-0.2, -0.15) is 5.10 Å². The minimum atomic E-state index is -1.09. The number of carbonyl (C=O) groups excluding carboxylic acids is 2. The van der Waals surface area contributed by atoms with Crippen LogP contribution in [0.3, 0.4) is 0 Å². The average Bonchev–Trinajstić information content (AvgIpc) is 3.41. The number of aromatic nitrogens is 3. The minimum Gasteiger partial charge on any atom is -0.465 e. The Balaban J connectivity index is 1.37. The number of amides is 3. The van der Waals surface area contributed by atoms with Gasteiger partial charge in [-0.1, -0.05) is 6.07 Å². The molecule has 3 aromatic rings. The Hall–Kier alpha value is -4.19. The van der Waals surface area contributed by atoms with Gasteiger partial charge in [-0.15, -0.1) is 0 Å². The molecule has 208 valence electrons. The molecule has 0 spiro atoms. The Morgan fingerprint density at radius 1 is 1.13 bits per heavy atom. The van der Waals surface area contributed by atoms with Crippen molar-refractivity contribution in [2.45, 2.75) is 44.7 Å². The molecule has 39 heavy (non-hydrogen) atoms. The van der Waals surface area contributed by atoms with Gasteiger partial charge >= 0.3 is 6.09 Å². The summed E-state index contributed by atoms with van der Waals surface area (Å²) in [5.41, 5.74) is 10.2. The van der Waals surface area contributed by atoms with Gasteiger partial charge in [-0.25, -0.2) is 4.79 Å². The zero-order valence-corrected chi connectivity index (χ0v) is 22.1. The molecule has 1 saturated heterocycles. The number of pyridine rings is 1. The van der Waals surface area contributed by atoms with Crippen LogP contribution in [0.15, 0.2) is 42.9 Å². The number of carbonyl (C=O) groups is 3. The zero-order chi connectivity index (χ0) is 27.8. The first-order chi connectivity index (χ1) is 18.8. The molecule has 0 aliphatic carbocycles. The molecule has 0 unspecified atom stereocenters. The molecule has 2 aromatic heterocycles. The molecule has 4 rings (SSSR count). The van der Waals surface area contributed by atoms with Gasteiger partial charge in [0.05, 0.1) is 17.8 Å². The summed E-state index contributed by atoms with van der Waals surface area (Å²) in [6.45, 7) is 4.67. The van der Waals surface area contributed by atoms with E-state index in [1.54, 1.807) is 23.5 Å². The van der Waals surface area contributed by atoms with Crippen molar-refractivity contribution in [3.8, 4) is 0 Å². The van der Waals surface area contributed by atoms with Crippen molar-refractivity contribution in [3.05, 3.63) is 54.0 Å². The van der Waals surface area contributed by atoms with Gasteiger partial charge in [0.1, 0.15) is 6.04 Å². The first-order valence-electron chi connectivity index (χ1n) is 13.2. The predicted octanol–water partition coefficient (Wildman–Crippen LogP) is 1.41. The molecule has 3 amide bonds. The maximum Gasteiger partial charge on any atom is 0.404 e. The van der Waals surface area contributed by atoms with Crippen LogP contribution in [0.5, 0.6) is 0 Å². The minimum absolute atomic E-state index is 0.146. The van der Waals surface area contributed by atoms with Gasteiger partial charge < -0.3 is 31.3 Å². The van der Waals surface area contributed by atoms with Crippen molar-refractivity contribution in [2.24, 2.45) is 5.73 Å². The second-order valence-electron chi connectivity index (χ2n) is 9.86. The molecular formula is C27H36N8O4. The zero-order valence-electron chi connectivity index (χ0n) is 22.1. The maximum atomic E-state index is 13.5. The maximum absolute atomic E-state index is 13.5. The number of unbranched alkanes of at least 4 members (excludes halogenated alkanes) is 1. The lowest BCUT2D eigenvalue weighted by atomic mass is 10.0. The molecule has 3 heterocycles. The number of H-pyrrole nitrogens is 1. The molecule has 1 aliphatic heterocycles. The van der Waals surface area contributed by atoms with Gasteiger partial charge in [-0.3, -0.25) is 19.7 Å². The van der Waals surface area contributed by atoms with E-state index in [4.69, 9.17) is 10.8 Å². The van der Waals surface area contributed by atoms with Crippen molar-refractivity contribution < 1.29 is 19.5 Å². The van der Waals surface area contributed by atoms with Gasteiger partial charge in [0, 0.05) is 56.2 Å². The number of nitrogens with one attached hydrogen (secondary N) is 3. The number of carboxylic acid groups (broad SMARTS) is 1. The van der Waals surface area contributed by atoms with E-state index >= 15 is 0 Å². The van der Waals surface area contributed by atoms with Crippen LogP contribution < -0.4 is 21.3 Å². The summed E-state index contributed by atoms with van der Waals surface area (Å²) < 4.78 is 0. The number of piperazine rings is 1. The Bertz CT molecular complexity index is 1270. The van der Waals surface area contributed by atoms with E-state index in [2.05, 4.69) is 30.7 Å². The Labute approximate surface area is 226 Å². The normalized spacial score (nSPS) is 15.1. The average molecular weight is 537 g/mol. The smallest absolute Gasteiger partial charge is 0.404 e. The van der Waals surface area contributed by atoms with E-state index in [1.807, 2.05) is 31.2 Å². The van der Waals surface area contributed by atoms with E-state index in [0.717, 1.165) is 27.7 Å². The van der Waals surface area contributed by atoms with Crippen LogP contribution in [0.1, 0.15) is 30.4 Å². The number of aromatic amines is 1. The lowest BCUT2D eigenvalue weighted by Gasteiger charge is -2.37. The summed E-state index contributed by atoms with van der Waals surface area (Å²) in [7, 11) is 0. The third kappa shape index (κ3) is 7.44. The lowest BCUT2D eigenvalue weighted by Crippen LogP contribution is -2.57. The van der Waals surface area contributed by atoms with E-state index in [0.29, 0.717) is 51.9 Å². The number of hydrogen-bond acceptors (Lipinski definition) is 7. The molecule has 1 aromatic carbocycles. The highest BCUT2D eigenvalue weighted by Gasteiger charge is 2.30. The fourth-order valence-corrected chi connectivity index (χ4v) is 4.94. The van der Waals surface area contributed by atoms with E-state index < -0.39 is 24.1 Å². The van der Waals surface area contributed by atoms with Crippen molar-refractivity contribution in [2.75, 3.05) is 37.6 Å². The van der Waals surface area contributed by atoms with Gasteiger partial charge in [-0.05, 0) is 61.9 Å². The monoisotopic (exact) mass is 536 g/mol. The molecule has 0 radical (unpaired) electrons. The lowest BCUT2D eigenvalue weighted by molar-refractivity contribution is -0.137. The third-order valence-electron chi connectivity index (χ3n) is 7.03. The van der Waals surface area contributed by atoms with E-state index in [-0.39, 0.29) is 12.5 Å². The number of hydrogen-bond donors (Lipinski definition) is 5. The second kappa shape index (κ2) is 13.1. The molecule has 12 heteroatoms. The van der Waals surface area contributed by atoms with Gasteiger partial charge in [0.15, 0.2) is 0 Å². The van der Waals surface area contributed by atoms with Crippen LogP contribution in [0, 0.1) is 6.92 Å². The fourth-order valence-electron chi connectivity index (χ4n) is 4.94. The number of anilines is 1. The molecule has 2 atom stereocenters. The number of nitrogens with zero attached hydrogens (tertiary/aromatic N) is 4. The van der Waals surface area contributed by atoms with Crippen LogP contribution >= 0.6 is 0 Å². The van der Waals surface area contributed by atoms with Crippen molar-refractivity contribution >= 4 is 34.5 Å². The molecule has 0 bridgehead atoms. The van der Waals surface area contributed by atoms with Crippen molar-refractivity contribution in [3.63, 3.8) is 0 Å². The SMILES string of the molecule is Cc1cc(C[C@@H](N)C(=O)N[C@@H](CCCCNC(=O)O)C(=O)N2CCN(c3ccncc3)CC2)cc2cn[nH]c12. The third-order valence-corrected chi connectivity index (χ3v) is 7.03. The number of benzene rings is 1. The molecule has 6 N–H and O–H groups in total. The predicted molar refractivity (Wildman–Crippen MR) is 147 cm³/mol. The topological polar surface area (TPSA) is 170 Å². The van der Waals surface area contributed by atoms with E-state index in [9.17, 15) is 14.4 Å². The van der Waals surface area contributed by atoms with Gasteiger partial charge in [0.2, 0.25) is 11.8 Å². The summed E-state index contributed by atoms with van der Waals surface area (Å²) in [4.78, 5) is 45.4. The second-order valence-corrected chi connectivity index (χ2v) is 9.86. The number of aryl methyl sites for hydroxylation is 1. The number of nitrogens with two attached hydrogens (primary N) is 1. The molecule has 0 saturated carbocycles. The Kier molecular flexibility index (Phi) is 9.31. The van der Waals surface area contributed by atoms with Crippen LogP contribution in [-0.2, 0) is 16.0 Å². The largest absolute Gasteiger partial charge is 0.465 e. The summed E-state index contributed by atoms with van der Waals surface area (Å²) in [5, 5.41) is 22.0. The molecule has 12 nitrogen and oxygen atoms in total. The molecular weight excluding hydrogens is 500 g/mol. The van der Waals surface area contributed by atoms with E-state index in [1.165, 1.54) is 0 Å². The summed E-state index contributed by atoms with van der Waals surface area (Å²) in [6, 6.07) is 6.26. The Morgan fingerprint density at radius 2 is 1.87 bits per heavy atom. The van der Waals surface area contributed by atoms with Crippen molar-refractivity contribution in [1.82, 2.24) is 30.7 Å². The van der Waals surface area contributed by atoms with Crippen LogP contribution in [0.4, 0.5) is 10.5 Å². The van der Waals surface area contributed by atoms with Crippen LogP contribution in [-0.4, -0.2) is 87.9 Å². The highest BCUT2D eigenvalue weighted by Crippen LogP contribution is 2.19. The summed E-state index contributed by atoms with van der Waals surface area (Å²) in [6.07, 6.45) is 5.98.